The number of nitrogens with one attached hydrogen (secondary N) is 1. The van der Waals surface area contributed by atoms with Gasteiger partial charge in [0.1, 0.15) is 10.7 Å². The molecule has 2 aromatic carbocycles. The van der Waals surface area contributed by atoms with Gasteiger partial charge in [0, 0.05) is 43.7 Å². The van der Waals surface area contributed by atoms with Crippen molar-refractivity contribution in [3.8, 4) is 0 Å². The van der Waals surface area contributed by atoms with E-state index in [0.717, 1.165) is 24.5 Å². The number of halogens is 1. The quantitative estimate of drug-likeness (QED) is 0.630. The van der Waals surface area contributed by atoms with Crippen LogP contribution in [0.4, 0.5) is 9.18 Å². The van der Waals surface area contributed by atoms with Crippen LogP contribution >= 0.6 is 0 Å². The maximum atomic E-state index is 13.9. The fraction of sp³-hybridized carbons (Fsp3) is 0.435. The molecule has 2 aliphatic rings. The van der Waals surface area contributed by atoms with Crippen LogP contribution in [0.25, 0.3) is 0 Å². The third kappa shape index (κ3) is 4.65. The summed E-state index contributed by atoms with van der Waals surface area (Å²) < 4.78 is 40.6. The van der Waals surface area contributed by atoms with Gasteiger partial charge in [0.05, 0.1) is 0 Å². The zero-order valence-corrected chi connectivity index (χ0v) is 18.8. The predicted octanol–water partition coefficient (Wildman–Crippen LogP) is 3.14. The number of carbonyl (C=O) groups is 1. The fourth-order valence-electron chi connectivity index (χ4n) is 4.83. The highest BCUT2D eigenvalue weighted by atomic mass is 32.2. The molecular formula is C23H28FN3O4S. The molecule has 2 fully saturated rings. The Morgan fingerprint density at radius 1 is 1.19 bits per heavy atom. The van der Waals surface area contributed by atoms with Crippen LogP contribution in [0.1, 0.15) is 25.3 Å². The highest BCUT2D eigenvalue weighted by Crippen LogP contribution is 2.50. The van der Waals surface area contributed by atoms with Gasteiger partial charge in [-0.2, -0.15) is 4.31 Å². The highest BCUT2D eigenvalue weighted by Gasteiger charge is 2.55. The second-order valence-electron chi connectivity index (χ2n) is 9.03. The number of benzene rings is 2. The minimum atomic E-state index is -3.81. The van der Waals surface area contributed by atoms with E-state index in [2.05, 4.69) is 5.32 Å². The molecule has 1 atom stereocenters. The van der Waals surface area contributed by atoms with Gasteiger partial charge in [0.25, 0.3) is 0 Å². The van der Waals surface area contributed by atoms with Crippen LogP contribution in [-0.2, 0) is 16.6 Å². The molecule has 1 aliphatic carbocycles. The summed E-state index contributed by atoms with van der Waals surface area (Å²) in [7, 11) is -3.81. The van der Waals surface area contributed by atoms with Crippen LogP contribution in [0.15, 0.2) is 59.5 Å². The molecular weight excluding hydrogens is 433 g/mol. The minimum absolute atomic E-state index is 0.0320. The van der Waals surface area contributed by atoms with E-state index < -0.39 is 21.9 Å². The van der Waals surface area contributed by atoms with E-state index in [-0.39, 0.29) is 22.4 Å². The molecule has 0 bridgehead atoms. The van der Waals surface area contributed by atoms with Crippen molar-refractivity contribution in [1.29, 1.82) is 0 Å². The van der Waals surface area contributed by atoms with Gasteiger partial charge in [-0.05, 0) is 37.5 Å². The van der Waals surface area contributed by atoms with E-state index in [9.17, 15) is 22.7 Å². The molecule has 4 rings (SSSR count). The second kappa shape index (κ2) is 8.80. The lowest BCUT2D eigenvalue weighted by Gasteiger charge is -2.58. The third-order valence-corrected chi connectivity index (χ3v) is 8.16. The number of sulfonamides is 1. The van der Waals surface area contributed by atoms with E-state index in [0.29, 0.717) is 26.2 Å². The summed E-state index contributed by atoms with van der Waals surface area (Å²) in [4.78, 5) is 12.8. The molecule has 1 saturated carbocycles. The Kier molecular flexibility index (Phi) is 6.24. The summed E-state index contributed by atoms with van der Waals surface area (Å²) in [6.07, 6.45) is 0.694. The van der Waals surface area contributed by atoms with Crippen molar-refractivity contribution in [2.45, 2.75) is 43.3 Å². The first kappa shape index (κ1) is 22.7. The normalized spacial score (nSPS) is 19.2. The molecule has 9 heteroatoms. The van der Waals surface area contributed by atoms with Crippen molar-refractivity contribution in [3.05, 3.63) is 66.0 Å². The molecule has 2 aromatic rings. The van der Waals surface area contributed by atoms with Gasteiger partial charge in [0.2, 0.25) is 10.0 Å². The van der Waals surface area contributed by atoms with Gasteiger partial charge >= 0.3 is 6.09 Å². The molecule has 1 amide bonds. The van der Waals surface area contributed by atoms with Crippen LogP contribution in [-0.4, -0.2) is 60.5 Å². The summed E-state index contributed by atoms with van der Waals surface area (Å²) in [5, 5.41) is 13.0. The molecule has 7 nitrogen and oxygen atoms in total. The molecule has 172 valence electrons. The molecule has 2 N–H and O–H groups in total. The van der Waals surface area contributed by atoms with E-state index in [1.165, 1.54) is 27.4 Å². The first-order valence-electron chi connectivity index (χ1n) is 10.7. The van der Waals surface area contributed by atoms with Crippen molar-refractivity contribution < 1.29 is 22.7 Å². The Hall–Kier alpha value is -2.49. The standard InChI is InChI=1S/C23H28FN3O4S/c1-17(13-26(22(28)29)14-18-7-3-2-4-8-18)25-19-11-23(12-19)15-27(16-23)32(30,31)21-10-6-5-9-20(21)24/h2-10,17,19,25H,11-16H2,1H3,(H,28,29). The first-order valence-corrected chi connectivity index (χ1v) is 12.2. The number of rotatable bonds is 8. The van der Waals surface area contributed by atoms with Crippen molar-refractivity contribution >= 4 is 16.1 Å². The number of amides is 1. The molecule has 1 aliphatic heterocycles. The van der Waals surface area contributed by atoms with E-state index in [4.69, 9.17) is 0 Å². The molecule has 1 unspecified atom stereocenters. The van der Waals surface area contributed by atoms with Gasteiger partial charge in [-0.3, -0.25) is 0 Å². The average molecular weight is 462 g/mol. The molecule has 0 aromatic heterocycles. The Bertz CT molecular complexity index is 1070. The largest absolute Gasteiger partial charge is 0.465 e. The van der Waals surface area contributed by atoms with Gasteiger partial charge in [-0.15, -0.1) is 0 Å². The van der Waals surface area contributed by atoms with Crippen LogP contribution in [0.3, 0.4) is 0 Å². The van der Waals surface area contributed by atoms with Crippen molar-refractivity contribution in [1.82, 2.24) is 14.5 Å². The lowest BCUT2D eigenvalue weighted by molar-refractivity contribution is -0.0371. The third-order valence-electron chi connectivity index (χ3n) is 6.34. The smallest absolute Gasteiger partial charge is 0.407 e. The van der Waals surface area contributed by atoms with Gasteiger partial charge in [-0.25, -0.2) is 17.6 Å². The van der Waals surface area contributed by atoms with Gasteiger partial charge < -0.3 is 15.3 Å². The SMILES string of the molecule is CC(CN(Cc1ccccc1)C(=O)O)NC1CC2(C1)CN(S(=O)(=O)c1ccccc1F)C2. The van der Waals surface area contributed by atoms with Crippen LogP contribution < -0.4 is 5.32 Å². The van der Waals surface area contributed by atoms with E-state index in [1.54, 1.807) is 0 Å². The first-order chi connectivity index (χ1) is 15.2. The Morgan fingerprint density at radius 3 is 2.44 bits per heavy atom. The monoisotopic (exact) mass is 461 g/mol. The molecule has 1 saturated heterocycles. The summed E-state index contributed by atoms with van der Waals surface area (Å²) in [6.45, 7) is 3.44. The Morgan fingerprint density at radius 2 is 1.81 bits per heavy atom. The van der Waals surface area contributed by atoms with Gasteiger partial charge in [-0.1, -0.05) is 42.5 Å². The number of hydrogen-bond donors (Lipinski definition) is 2. The van der Waals surface area contributed by atoms with Crippen LogP contribution in [0.2, 0.25) is 0 Å². The van der Waals surface area contributed by atoms with Crippen molar-refractivity contribution in [2.24, 2.45) is 5.41 Å². The molecule has 1 heterocycles. The highest BCUT2D eigenvalue weighted by molar-refractivity contribution is 7.89. The second-order valence-corrected chi connectivity index (χ2v) is 10.9. The summed E-state index contributed by atoms with van der Waals surface area (Å²) >= 11 is 0. The predicted molar refractivity (Wildman–Crippen MR) is 118 cm³/mol. The number of carboxylic acid groups (broad SMARTS) is 1. The Balaban J connectivity index is 1.26. The minimum Gasteiger partial charge on any atom is -0.465 e. The zero-order valence-electron chi connectivity index (χ0n) is 17.9. The summed E-state index contributed by atoms with van der Waals surface area (Å²) in [5.41, 5.74) is 0.877. The average Bonchev–Trinajstić information content (AvgIpc) is 2.69. The van der Waals surface area contributed by atoms with Crippen molar-refractivity contribution in [2.75, 3.05) is 19.6 Å². The fourth-order valence-corrected chi connectivity index (χ4v) is 6.56. The molecule has 1 spiro atoms. The molecule has 0 radical (unpaired) electrons. The van der Waals surface area contributed by atoms with E-state index in [1.807, 2.05) is 37.3 Å². The molecule has 32 heavy (non-hydrogen) atoms. The lowest BCUT2D eigenvalue weighted by atomic mass is 9.61. The topological polar surface area (TPSA) is 90.0 Å². The maximum absolute atomic E-state index is 13.9. The van der Waals surface area contributed by atoms with E-state index >= 15 is 0 Å². The van der Waals surface area contributed by atoms with Crippen LogP contribution in [0, 0.1) is 11.2 Å². The van der Waals surface area contributed by atoms with Crippen molar-refractivity contribution in [3.63, 3.8) is 0 Å². The van der Waals surface area contributed by atoms with Crippen LogP contribution in [0.5, 0.6) is 0 Å². The number of hydrogen-bond acceptors (Lipinski definition) is 4. The maximum Gasteiger partial charge on any atom is 0.407 e. The van der Waals surface area contributed by atoms with Gasteiger partial charge in [0.15, 0.2) is 0 Å². The summed E-state index contributed by atoms with van der Waals surface area (Å²) in [6, 6.07) is 15.1. The lowest BCUT2D eigenvalue weighted by Crippen LogP contribution is -2.67. The zero-order chi connectivity index (χ0) is 22.9. The number of nitrogens with zero attached hydrogens (tertiary/aromatic N) is 2. The Labute approximate surface area is 187 Å². The summed E-state index contributed by atoms with van der Waals surface area (Å²) in [5.74, 6) is -0.728.